The zero-order valence-electron chi connectivity index (χ0n) is 12.1. The zero-order chi connectivity index (χ0) is 16.1. The Morgan fingerprint density at radius 3 is 2.68 bits per heavy atom. The number of ether oxygens (including phenoxy) is 2. The first-order valence-corrected chi connectivity index (χ1v) is 6.88. The highest BCUT2D eigenvalue weighted by molar-refractivity contribution is 6.32. The molecule has 0 unspecified atom stereocenters. The van der Waals surface area contributed by atoms with E-state index in [2.05, 4.69) is 10.3 Å². The van der Waals surface area contributed by atoms with Crippen molar-refractivity contribution in [2.75, 3.05) is 12.4 Å². The number of aromatic nitrogens is 1. The van der Waals surface area contributed by atoms with Crippen molar-refractivity contribution < 1.29 is 19.1 Å². The van der Waals surface area contributed by atoms with Crippen molar-refractivity contribution in [3.05, 3.63) is 47.2 Å². The summed E-state index contributed by atoms with van der Waals surface area (Å²) in [6.07, 6.45) is 0.650. The van der Waals surface area contributed by atoms with E-state index in [1.807, 2.05) is 0 Å². The molecule has 1 aromatic carbocycles. The maximum Gasteiger partial charge on any atom is 0.355 e. The maximum atomic E-state index is 12.0. The molecule has 0 saturated carbocycles. The molecule has 2 N–H and O–H groups in total. The Bertz CT molecular complexity index is 670. The van der Waals surface area contributed by atoms with Gasteiger partial charge in [-0.25, -0.2) is 4.79 Å². The quantitative estimate of drug-likeness (QED) is 0.829. The van der Waals surface area contributed by atoms with Gasteiger partial charge < -0.3 is 19.8 Å². The lowest BCUT2D eigenvalue weighted by Gasteiger charge is -2.13. The number of carbonyl (C=O) groups is 2. The van der Waals surface area contributed by atoms with Crippen LogP contribution in [-0.4, -0.2) is 30.1 Å². The third kappa shape index (κ3) is 3.79. The number of benzene rings is 1. The van der Waals surface area contributed by atoms with Gasteiger partial charge in [0.2, 0.25) is 0 Å². The lowest BCUT2D eigenvalue weighted by molar-refractivity contribution is -0.123. The monoisotopic (exact) mass is 322 g/mol. The molecule has 2 rings (SSSR count). The van der Waals surface area contributed by atoms with Gasteiger partial charge in [-0.3, -0.25) is 4.79 Å². The Balaban J connectivity index is 1.96. The molecule has 2 aromatic rings. The second-order valence-electron chi connectivity index (χ2n) is 4.47. The third-order valence-electron chi connectivity index (χ3n) is 2.89. The molecular formula is C15H15ClN2O4. The Kier molecular flexibility index (Phi) is 5.06. The summed E-state index contributed by atoms with van der Waals surface area (Å²) in [5.41, 5.74) is 0.769. The van der Waals surface area contributed by atoms with E-state index in [-0.39, 0.29) is 5.69 Å². The lowest BCUT2D eigenvalue weighted by Crippen LogP contribution is -2.30. The molecule has 0 saturated heterocycles. The predicted molar refractivity (Wildman–Crippen MR) is 82.3 cm³/mol. The van der Waals surface area contributed by atoms with Crippen molar-refractivity contribution >= 4 is 29.2 Å². The van der Waals surface area contributed by atoms with Gasteiger partial charge in [0.25, 0.3) is 5.91 Å². The fourth-order valence-electron chi connectivity index (χ4n) is 1.72. The molecule has 0 radical (unpaired) electrons. The van der Waals surface area contributed by atoms with Gasteiger partial charge in [0, 0.05) is 11.9 Å². The molecule has 6 nitrogen and oxygen atoms in total. The van der Waals surface area contributed by atoms with Crippen molar-refractivity contribution in [1.82, 2.24) is 4.98 Å². The highest BCUT2D eigenvalue weighted by Gasteiger charge is 2.19. The molecule has 0 aliphatic rings. The number of hydrogen-bond acceptors (Lipinski definition) is 4. The summed E-state index contributed by atoms with van der Waals surface area (Å²) in [6.45, 7) is 1.49. The maximum absolute atomic E-state index is 12.0. The number of carbonyl (C=O) groups excluding carboxylic acids is 2. The summed E-state index contributed by atoms with van der Waals surface area (Å²) in [7, 11) is 1.50. The van der Waals surface area contributed by atoms with Gasteiger partial charge in [-0.15, -0.1) is 0 Å². The molecule has 1 amide bonds. The molecule has 116 valence electrons. The second-order valence-corrected chi connectivity index (χ2v) is 4.88. The number of nitrogens with one attached hydrogen (secondary N) is 2. The Morgan fingerprint density at radius 1 is 1.32 bits per heavy atom. The predicted octanol–water partition coefficient (Wildman–Crippen LogP) is 2.86. The molecule has 22 heavy (non-hydrogen) atoms. The van der Waals surface area contributed by atoms with E-state index in [1.54, 1.807) is 36.5 Å². The van der Waals surface area contributed by atoms with Gasteiger partial charge in [0.1, 0.15) is 11.4 Å². The molecule has 0 aliphatic heterocycles. The van der Waals surface area contributed by atoms with Crippen LogP contribution in [0, 0.1) is 0 Å². The summed E-state index contributed by atoms with van der Waals surface area (Å²) in [4.78, 5) is 26.5. The first-order chi connectivity index (χ1) is 10.5. The molecule has 0 spiro atoms. The molecule has 7 heteroatoms. The average molecular weight is 323 g/mol. The molecule has 1 heterocycles. The number of H-pyrrole nitrogens is 1. The summed E-state index contributed by atoms with van der Waals surface area (Å²) < 4.78 is 10.1. The molecule has 0 bridgehead atoms. The average Bonchev–Trinajstić information content (AvgIpc) is 3.01. The van der Waals surface area contributed by atoms with Crippen LogP contribution < -0.4 is 10.1 Å². The number of aromatic amines is 1. The van der Waals surface area contributed by atoms with Crippen LogP contribution in [-0.2, 0) is 9.53 Å². The lowest BCUT2D eigenvalue weighted by atomic mass is 10.2. The van der Waals surface area contributed by atoms with Crippen LogP contribution in [0.2, 0.25) is 5.02 Å². The minimum Gasteiger partial charge on any atom is -0.495 e. The first kappa shape index (κ1) is 15.9. The number of halogens is 1. The number of rotatable bonds is 5. The number of hydrogen-bond donors (Lipinski definition) is 2. The van der Waals surface area contributed by atoms with Crippen molar-refractivity contribution in [2.24, 2.45) is 0 Å². The Hall–Kier alpha value is -2.47. The Morgan fingerprint density at radius 2 is 2.09 bits per heavy atom. The summed E-state index contributed by atoms with van der Waals surface area (Å²) in [6, 6.07) is 8.06. The minimum absolute atomic E-state index is 0.284. The summed E-state index contributed by atoms with van der Waals surface area (Å²) >= 11 is 5.98. The molecule has 0 fully saturated rings. The van der Waals surface area contributed by atoms with Gasteiger partial charge in [-0.2, -0.15) is 0 Å². The van der Waals surface area contributed by atoms with Crippen molar-refractivity contribution in [3.63, 3.8) is 0 Å². The molecular weight excluding hydrogens is 308 g/mol. The molecule has 0 aliphatic carbocycles. The van der Waals surface area contributed by atoms with Gasteiger partial charge in [0.15, 0.2) is 6.10 Å². The molecule has 1 aromatic heterocycles. The van der Waals surface area contributed by atoms with Gasteiger partial charge in [0.05, 0.1) is 12.1 Å². The van der Waals surface area contributed by atoms with Crippen LogP contribution in [0.3, 0.4) is 0 Å². The van der Waals surface area contributed by atoms with E-state index in [0.717, 1.165) is 0 Å². The van der Waals surface area contributed by atoms with Gasteiger partial charge >= 0.3 is 5.97 Å². The van der Waals surface area contributed by atoms with E-state index in [9.17, 15) is 9.59 Å². The van der Waals surface area contributed by atoms with Gasteiger partial charge in [-0.05, 0) is 37.3 Å². The largest absolute Gasteiger partial charge is 0.495 e. The van der Waals surface area contributed by atoms with Crippen LogP contribution in [0.5, 0.6) is 5.75 Å². The van der Waals surface area contributed by atoms with Crippen molar-refractivity contribution in [3.8, 4) is 5.75 Å². The number of amides is 1. The number of methoxy groups -OCH3 is 1. The van der Waals surface area contributed by atoms with E-state index in [1.165, 1.54) is 14.0 Å². The van der Waals surface area contributed by atoms with Crippen LogP contribution in [0.4, 0.5) is 5.69 Å². The highest BCUT2D eigenvalue weighted by Crippen LogP contribution is 2.27. The molecule has 1 atom stereocenters. The first-order valence-electron chi connectivity index (χ1n) is 6.50. The van der Waals surface area contributed by atoms with Crippen LogP contribution in [0.15, 0.2) is 36.5 Å². The topological polar surface area (TPSA) is 80.4 Å². The highest BCUT2D eigenvalue weighted by atomic mass is 35.5. The normalized spacial score (nSPS) is 11.6. The number of esters is 1. The third-order valence-corrected chi connectivity index (χ3v) is 3.19. The fraction of sp³-hybridized carbons (Fsp3) is 0.200. The summed E-state index contributed by atoms with van der Waals surface area (Å²) in [5.74, 6) is -0.549. The Labute approximate surface area is 132 Å². The zero-order valence-corrected chi connectivity index (χ0v) is 12.8. The van der Waals surface area contributed by atoms with E-state index < -0.39 is 18.0 Å². The van der Waals surface area contributed by atoms with Gasteiger partial charge in [-0.1, -0.05) is 11.6 Å². The minimum atomic E-state index is -0.948. The fourth-order valence-corrected chi connectivity index (χ4v) is 1.98. The second kappa shape index (κ2) is 7.00. The SMILES string of the molecule is COc1ccc(NC(=O)[C@H](C)OC(=O)c2ccc[nH]2)cc1Cl. The van der Waals surface area contributed by atoms with E-state index in [4.69, 9.17) is 21.1 Å². The van der Waals surface area contributed by atoms with Crippen molar-refractivity contribution in [2.45, 2.75) is 13.0 Å². The van der Waals surface area contributed by atoms with Crippen LogP contribution in [0.1, 0.15) is 17.4 Å². The standard InChI is InChI=1S/C15H15ClN2O4/c1-9(22-15(20)12-4-3-7-17-12)14(19)18-10-5-6-13(21-2)11(16)8-10/h3-9,17H,1-2H3,(H,18,19)/t9-/m0/s1. The number of anilines is 1. The van der Waals surface area contributed by atoms with Crippen LogP contribution >= 0.6 is 11.6 Å². The van der Waals surface area contributed by atoms with E-state index in [0.29, 0.717) is 16.5 Å². The smallest absolute Gasteiger partial charge is 0.355 e. The van der Waals surface area contributed by atoms with Crippen molar-refractivity contribution in [1.29, 1.82) is 0 Å². The van der Waals surface area contributed by atoms with Crippen LogP contribution in [0.25, 0.3) is 0 Å². The summed E-state index contributed by atoms with van der Waals surface area (Å²) in [5, 5.41) is 2.99. The van der Waals surface area contributed by atoms with E-state index >= 15 is 0 Å².